The zero-order chi connectivity index (χ0) is 15.0. The van der Waals surface area contributed by atoms with E-state index in [9.17, 15) is 18.3 Å². The fourth-order valence-electron chi connectivity index (χ4n) is 2.91. The van der Waals surface area contributed by atoms with Gasteiger partial charge in [0.2, 0.25) is 0 Å². The van der Waals surface area contributed by atoms with Crippen LogP contribution in [0.1, 0.15) is 31.2 Å². The standard InChI is InChI=1S/C14H16N2O4S/c17-14(18)11-7-2-1-5-9-16(11)13-10-6-3-4-8-12(10)21(19,20)15-13/h3-4,6,8,11H,1-2,5,7,9H2,(H,17,18). The summed E-state index contributed by atoms with van der Waals surface area (Å²) >= 11 is 0. The third-order valence-corrected chi connectivity index (χ3v) is 5.25. The van der Waals surface area contributed by atoms with E-state index in [0.717, 1.165) is 19.3 Å². The maximum atomic E-state index is 12.1. The number of hydrogen-bond acceptors (Lipinski definition) is 4. The lowest BCUT2D eigenvalue weighted by atomic mass is 10.1. The maximum absolute atomic E-state index is 12.1. The van der Waals surface area contributed by atoms with Gasteiger partial charge in [-0.25, -0.2) is 4.79 Å². The van der Waals surface area contributed by atoms with Gasteiger partial charge in [-0.05, 0) is 25.0 Å². The van der Waals surface area contributed by atoms with Crippen LogP contribution in [-0.4, -0.2) is 42.8 Å². The summed E-state index contributed by atoms with van der Waals surface area (Å²) in [6, 6.07) is 5.86. The van der Waals surface area contributed by atoms with E-state index < -0.39 is 22.0 Å². The number of sulfonamides is 1. The first-order valence-corrected chi connectivity index (χ1v) is 8.38. The predicted octanol–water partition coefficient (Wildman–Crippen LogP) is 1.46. The maximum Gasteiger partial charge on any atom is 0.326 e. The number of likely N-dealkylation sites (tertiary alicyclic amines) is 1. The van der Waals surface area contributed by atoms with Gasteiger partial charge >= 0.3 is 5.97 Å². The minimum Gasteiger partial charge on any atom is -0.480 e. The molecule has 7 heteroatoms. The third-order valence-electron chi connectivity index (χ3n) is 3.92. The monoisotopic (exact) mass is 308 g/mol. The van der Waals surface area contributed by atoms with Crippen LogP contribution in [0.3, 0.4) is 0 Å². The average molecular weight is 308 g/mol. The topological polar surface area (TPSA) is 87.0 Å². The number of hydrogen-bond donors (Lipinski definition) is 1. The molecule has 0 spiro atoms. The SMILES string of the molecule is O=C(O)C1CCCCCN1C1=NS(=O)(=O)c2ccccc21. The molecule has 0 bridgehead atoms. The number of carbonyl (C=O) groups is 1. The van der Waals surface area contributed by atoms with Gasteiger partial charge in [0.15, 0.2) is 5.84 Å². The molecule has 1 unspecified atom stereocenters. The van der Waals surface area contributed by atoms with Crippen molar-refractivity contribution in [3.63, 3.8) is 0 Å². The fourth-order valence-corrected chi connectivity index (χ4v) is 4.13. The predicted molar refractivity (Wildman–Crippen MR) is 76.8 cm³/mol. The normalized spacial score (nSPS) is 24.1. The fraction of sp³-hybridized carbons (Fsp3) is 0.429. The molecule has 1 fully saturated rings. The lowest BCUT2D eigenvalue weighted by Crippen LogP contribution is -2.44. The van der Waals surface area contributed by atoms with Crippen molar-refractivity contribution < 1.29 is 18.3 Å². The van der Waals surface area contributed by atoms with Crippen molar-refractivity contribution in [2.75, 3.05) is 6.54 Å². The Morgan fingerprint density at radius 1 is 1.24 bits per heavy atom. The molecule has 6 nitrogen and oxygen atoms in total. The van der Waals surface area contributed by atoms with Gasteiger partial charge in [0, 0.05) is 12.1 Å². The number of amidine groups is 1. The van der Waals surface area contributed by atoms with Gasteiger partial charge < -0.3 is 10.0 Å². The molecule has 1 aromatic rings. The summed E-state index contributed by atoms with van der Waals surface area (Å²) in [5.74, 6) is -0.652. The van der Waals surface area contributed by atoms with E-state index in [1.165, 1.54) is 6.07 Å². The Morgan fingerprint density at radius 3 is 2.76 bits per heavy atom. The molecule has 1 aromatic carbocycles. The Balaban J connectivity index is 2.08. The van der Waals surface area contributed by atoms with Gasteiger partial charge in [-0.1, -0.05) is 25.0 Å². The zero-order valence-corrected chi connectivity index (χ0v) is 12.2. The Labute approximate surface area is 123 Å². The first-order chi connectivity index (χ1) is 10.0. The van der Waals surface area contributed by atoms with Crippen molar-refractivity contribution in [1.29, 1.82) is 0 Å². The molecule has 0 aromatic heterocycles. The van der Waals surface area contributed by atoms with Gasteiger partial charge in [-0.15, -0.1) is 4.40 Å². The highest BCUT2D eigenvalue weighted by Crippen LogP contribution is 2.30. The van der Waals surface area contributed by atoms with Gasteiger partial charge in [0.1, 0.15) is 10.9 Å². The van der Waals surface area contributed by atoms with Crippen LogP contribution in [0, 0.1) is 0 Å². The number of carboxylic acids is 1. The van der Waals surface area contributed by atoms with Crippen molar-refractivity contribution in [2.24, 2.45) is 4.40 Å². The molecule has 0 saturated carbocycles. The highest BCUT2D eigenvalue weighted by atomic mass is 32.2. The zero-order valence-electron chi connectivity index (χ0n) is 11.4. The number of carboxylic acid groups (broad SMARTS) is 1. The third kappa shape index (κ3) is 2.42. The first-order valence-electron chi connectivity index (χ1n) is 6.94. The van der Waals surface area contributed by atoms with E-state index in [4.69, 9.17) is 0 Å². The van der Waals surface area contributed by atoms with Gasteiger partial charge in [0.25, 0.3) is 10.0 Å². The highest BCUT2D eigenvalue weighted by molar-refractivity contribution is 7.90. The number of rotatable bonds is 1. The largest absolute Gasteiger partial charge is 0.480 e. The average Bonchev–Trinajstić information content (AvgIpc) is 2.63. The van der Waals surface area contributed by atoms with Crippen LogP contribution >= 0.6 is 0 Å². The van der Waals surface area contributed by atoms with E-state index in [0.29, 0.717) is 18.5 Å². The molecule has 1 atom stereocenters. The van der Waals surface area contributed by atoms with Gasteiger partial charge in [-0.2, -0.15) is 8.42 Å². The summed E-state index contributed by atoms with van der Waals surface area (Å²) in [6.45, 7) is 0.514. The molecular weight excluding hydrogens is 292 g/mol. The van der Waals surface area contributed by atoms with E-state index in [1.807, 2.05) is 0 Å². The smallest absolute Gasteiger partial charge is 0.326 e. The summed E-state index contributed by atoms with van der Waals surface area (Å²) in [6.07, 6.45) is 3.12. The van der Waals surface area contributed by atoms with Gasteiger partial charge in [-0.3, -0.25) is 0 Å². The second-order valence-corrected chi connectivity index (χ2v) is 6.86. The van der Waals surface area contributed by atoms with Gasteiger partial charge in [0.05, 0.1) is 0 Å². The van der Waals surface area contributed by atoms with Crippen LogP contribution < -0.4 is 0 Å². The first kappa shape index (κ1) is 14.1. The number of fused-ring (bicyclic) bond motifs is 1. The Morgan fingerprint density at radius 2 is 2.00 bits per heavy atom. The summed E-state index contributed by atoms with van der Waals surface area (Å²) in [5.41, 5.74) is 0.505. The Hall–Kier alpha value is -1.89. The molecule has 0 amide bonds. The summed E-state index contributed by atoms with van der Waals surface area (Å²) in [7, 11) is -3.71. The van der Waals surface area contributed by atoms with Crippen molar-refractivity contribution >= 4 is 21.8 Å². The molecular formula is C14H16N2O4S. The van der Waals surface area contributed by atoms with E-state index in [2.05, 4.69) is 4.40 Å². The lowest BCUT2D eigenvalue weighted by Gasteiger charge is -2.28. The number of nitrogens with zero attached hydrogens (tertiary/aromatic N) is 2. The summed E-state index contributed by atoms with van der Waals surface area (Å²) < 4.78 is 28.1. The Kier molecular flexibility index (Phi) is 3.44. The molecule has 2 aliphatic heterocycles. The molecule has 1 N–H and O–H groups in total. The van der Waals surface area contributed by atoms with Crippen molar-refractivity contribution in [1.82, 2.24) is 4.90 Å². The van der Waals surface area contributed by atoms with Crippen molar-refractivity contribution in [2.45, 2.75) is 36.6 Å². The van der Waals surface area contributed by atoms with Crippen LogP contribution in [0.25, 0.3) is 0 Å². The lowest BCUT2D eigenvalue weighted by molar-refractivity contribution is -0.141. The van der Waals surface area contributed by atoms with Crippen LogP contribution in [0.5, 0.6) is 0 Å². The molecule has 0 aliphatic carbocycles. The molecule has 0 radical (unpaired) electrons. The summed E-state index contributed by atoms with van der Waals surface area (Å²) in [4.78, 5) is 13.3. The molecule has 2 heterocycles. The molecule has 3 rings (SSSR count). The van der Waals surface area contributed by atoms with Crippen LogP contribution in [0.4, 0.5) is 0 Å². The number of benzene rings is 1. The van der Waals surface area contributed by atoms with E-state index in [-0.39, 0.29) is 10.7 Å². The van der Waals surface area contributed by atoms with Crippen molar-refractivity contribution in [3.8, 4) is 0 Å². The van der Waals surface area contributed by atoms with Crippen LogP contribution in [0.2, 0.25) is 0 Å². The molecule has 112 valence electrons. The van der Waals surface area contributed by atoms with Crippen LogP contribution in [-0.2, 0) is 14.8 Å². The van der Waals surface area contributed by atoms with Crippen LogP contribution in [0.15, 0.2) is 33.6 Å². The Bertz CT molecular complexity index is 711. The quantitative estimate of drug-likeness (QED) is 0.849. The minimum atomic E-state index is -3.71. The molecule has 21 heavy (non-hydrogen) atoms. The minimum absolute atomic E-state index is 0.161. The summed E-state index contributed by atoms with van der Waals surface area (Å²) in [5, 5.41) is 9.43. The second-order valence-electron chi connectivity index (χ2n) is 5.28. The van der Waals surface area contributed by atoms with E-state index >= 15 is 0 Å². The molecule has 1 saturated heterocycles. The molecule has 2 aliphatic rings. The van der Waals surface area contributed by atoms with Crippen molar-refractivity contribution in [3.05, 3.63) is 29.8 Å². The highest BCUT2D eigenvalue weighted by Gasteiger charge is 2.37. The second kappa shape index (κ2) is 5.14. The number of aliphatic carboxylic acids is 1. The van der Waals surface area contributed by atoms with E-state index in [1.54, 1.807) is 23.1 Å².